The Morgan fingerprint density at radius 3 is 2.63 bits per heavy atom. The zero-order valence-corrected chi connectivity index (χ0v) is 11.2. The van der Waals surface area contributed by atoms with E-state index >= 15 is 0 Å². The SMILES string of the molecule is O=C(Nc1ccc(SC(F)F)cc1)[C@H]1CCCCN1. The number of alkyl halides is 2. The van der Waals surface area contributed by atoms with Gasteiger partial charge in [-0.05, 0) is 43.7 Å². The molecule has 0 aromatic heterocycles. The Bertz CT molecular complexity index is 419. The van der Waals surface area contributed by atoms with Crippen LogP contribution in [-0.4, -0.2) is 24.3 Å². The number of benzene rings is 1. The minimum Gasteiger partial charge on any atom is -0.325 e. The molecule has 1 aliphatic heterocycles. The standard InChI is InChI=1S/C13H16F2N2OS/c14-13(15)19-10-6-4-9(5-7-10)17-12(18)11-3-1-2-8-16-11/h4-7,11,13,16H,1-3,8H2,(H,17,18)/t11-/m1/s1. The third-order valence-corrected chi connectivity index (χ3v) is 3.70. The molecule has 1 aromatic carbocycles. The van der Waals surface area contributed by atoms with Gasteiger partial charge in [0.15, 0.2) is 0 Å². The third-order valence-electron chi connectivity index (χ3n) is 2.97. The molecule has 104 valence electrons. The molecule has 0 unspecified atom stereocenters. The molecule has 1 amide bonds. The van der Waals surface area contributed by atoms with Gasteiger partial charge in [-0.25, -0.2) is 0 Å². The van der Waals surface area contributed by atoms with E-state index in [0.29, 0.717) is 22.3 Å². The van der Waals surface area contributed by atoms with E-state index in [1.54, 1.807) is 24.3 Å². The van der Waals surface area contributed by atoms with Gasteiger partial charge in [0, 0.05) is 10.6 Å². The van der Waals surface area contributed by atoms with Crippen molar-refractivity contribution in [1.29, 1.82) is 0 Å². The lowest BCUT2D eigenvalue weighted by Gasteiger charge is -2.22. The van der Waals surface area contributed by atoms with E-state index in [2.05, 4.69) is 10.6 Å². The minimum absolute atomic E-state index is 0.0611. The molecule has 2 N–H and O–H groups in total. The lowest BCUT2D eigenvalue weighted by atomic mass is 10.0. The van der Waals surface area contributed by atoms with Crippen LogP contribution in [0.4, 0.5) is 14.5 Å². The first-order valence-electron chi connectivity index (χ1n) is 6.24. The Labute approximate surface area is 115 Å². The van der Waals surface area contributed by atoms with E-state index in [1.165, 1.54) is 0 Å². The maximum Gasteiger partial charge on any atom is 0.288 e. The maximum atomic E-state index is 12.2. The van der Waals surface area contributed by atoms with E-state index < -0.39 is 5.76 Å². The van der Waals surface area contributed by atoms with Gasteiger partial charge in [-0.15, -0.1) is 0 Å². The zero-order valence-electron chi connectivity index (χ0n) is 10.4. The number of carbonyl (C=O) groups is 1. The number of thioether (sulfide) groups is 1. The van der Waals surface area contributed by atoms with Crippen molar-refractivity contribution in [2.45, 2.75) is 36.0 Å². The number of carbonyl (C=O) groups excluding carboxylic acids is 1. The molecule has 1 saturated heterocycles. The molecule has 1 fully saturated rings. The predicted octanol–water partition coefficient (Wildman–Crippen LogP) is 3.08. The summed E-state index contributed by atoms with van der Waals surface area (Å²) in [5.74, 6) is -2.49. The Kier molecular flexibility index (Phi) is 5.15. The van der Waals surface area contributed by atoms with Gasteiger partial charge in [-0.1, -0.05) is 18.2 Å². The van der Waals surface area contributed by atoms with E-state index in [-0.39, 0.29) is 11.9 Å². The second-order valence-corrected chi connectivity index (χ2v) is 5.46. The number of halogens is 2. The van der Waals surface area contributed by atoms with Crippen LogP contribution in [-0.2, 0) is 4.79 Å². The number of piperidine rings is 1. The summed E-state index contributed by atoms with van der Waals surface area (Å²) in [6, 6.07) is 6.31. The lowest BCUT2D eigenvalue weighted by Crippen LogP contribution is -2.43. The van der Waals surface area contributed by atoms with Crippen LogP contribution in [0.15, 0.2) is 29.2 Å². The summed E-state index contributed by atoms with van der Waals surface area (Å²) in [4.78, 5) is 12.4. The van der Waals surface area contributed by atoms with Gasteiger partial charge in [-0.3, -0.25) is 4.79 Å². The molecule has 1 aliphatic rings. The Hall–Kier alpha value is -1.14. The molecule has 0 bridgehead atoms. The zero-order chi connectivity index (χ0) is 13.7. The molecule has 0 aliphatic carbocycles. The van der Waals surface area contributed by atoms with Crippen molar-refractivity contribution in [1.82, 2.24) is 5.32 Å². The van der Waals surface area contributed by atoms with Crippen LogP contribution in [0.2, 0.25) is 0 Å². The third kappa shape index (κ3) is 4.47. The van der Waals surface area contributed by atoms with Crippen LogP contribution in [0.5, 0.6) is 0 Å². The van der Waals surface area contributed by atoms with Crippen LogP contribution in [0.3, 0.4) is 0 Å². The van der Waals surface area contributed by atoms with Crippen LogP contribution < -0.4 is 10.6 Å². The second kappa shape index (κ2) is 6.86. The molecular formula is C13H16F2N2OS. The van der Waals surface area contributed by atoms with E-state index in [0.717, 1.165) is 25.8 Å². The van der Waals surface area contributed by atoms with Gasteiger partial charge >= 0.3 is 0 Å². The van der Waals surface area contributed by atoms with Crippen molar-refractivity contribution in [3.8, 4) is 0 Å². The van der Waals surface area contributed by atoms with Crippen LogP contribution in [0, 0.1) is 0 Å². The number of nitrogens with one attached hydrogen (secondary N) is 2. The molecule has 2 rings (SSSR count). The molecule has 0 saturated carbocycles. The first-order chi connectivity index (χ1) is 9.15. The van der Waals surface area contributed by atoms with Crippen molar-refractivity contribution in [3.63, 3.8) is 0 Å². The van der Waals surface area contributed by atoms with Crippen molar-refractivity contribution in [2.24, 2.45) is 0 Å². The highest BCUT2D eigenvalue weighted by molar-refractivity contribution is 7.99. The Morgan fingerprint density at radius 1 is 1.32 bits per heavy atom. The minimum atomic E-state index is -2.42. The fourth-order valence-corrected chi connectivity index (χ4v) is 2.52. The molecule has 0 spiro atoms. The number of amides is 1. The second-order valence-electron chi connectivity index (χ2n) is 4.39. The first kappa shape index (κ1) is 14.3. The van der Waals surface area contributed by atoms with Gasteiger partial charge < -0.3 is 10.6 Å². The molecule has 19 heavy (non-hydrogen) atoms. The van der Waals surface area contributed by atoms with Gasteiger partial charge in [0.05, 0.1) is 6.04 Å². The fraction of sp³-hybridized carbons (Fsp3) is 0.462. The van der Waals surface area contributed by atoms with Crippen molar-refractivity contribution < 1.29 is 13.6 Å². The monoisotopic (exact) mass is 286 g/mol. The summed E-state index contributed by atoms with van der Waals surface area (Å²) in [6.07, 6.45) is 2.99. The molecule has 6 heteroatoms. The van der Waals surface area contributed by atoms with Crippen LogP contribution in [0.1, 0.15) is 19.3 Å². The molecule has 3 nitrogen and oxygen atoms in total. The van der Waals surface area contributed by atoms with Crippen LogP contribution in [0.25, 0.3) is 0 Å². The topological polar surface area (TPSA) is 41.1 Å². The smallest absolute Gasteiger partial charge is 0.288 e. The highest BCUT2D eigenvalue weighted by Crippen LogP contribution is 2.26. The highest BCUT2D eigenvalue weighted by atomic mass is 32.2. The van der Waals surface area contributed by atoms with Gasteiger partial charge in [0.1, 0.15) is 0 Å². The van der Waals surface area contributed by atoms with Crippen molar-refractivity contribution in [2.75, 3.05) is 11.9 Å². The summed E-state index contributed by atoms with van der Waals surface area (Å²) in [6.45, 7) is 0.863. The van der Waals surface area contributed by atoms with Gasteiger partial charge in [0.2, 0.25) is 5.91 Å². The highest BCUT2D eigenvalue weighted by Gasteiger charge is 2.20. The normalized spacial score (nSPS) is 19.4. The summed E-state index contributed by atoms with van der Waals surface area (Å²) >= 11 is 0.496. The van der Waals surface area contributed by atoms with Gasteiger partial charge in [0.25, 0.3) is 5.76 Å². The lowest BCUT2D eigenvalue weighted by molar-refractivity contribution is -0.118. The molecular weight excluding hydrogens is 270 g/mol. The van der Waals surface area contributed by atoms with Crippen molar-refractivity contribution in [3.05, 3.63) is 24.3 Å². The van der Waals surface area contributed by atoms with Crippen molar-refractivity contribution >= 4 is 23.4 Å². The molecule has 1 aromatic rings. The summed E-state index contributed by atoms with van der Waals surface area (Å²) < 4.78 is 24.3. The van der Waals surface area contributed by atoms with E-state index in [1.807, 2.05) is 0 Å². The number of hydrogen-bond acceptors (Lipinski definition) is 3. The average molecular weight is 286 g/mol. The van der Waals surface area contributed by atoms with E-state index in [4.69, 9.17) is 0 Å². The van der Waals surface area contributed by atoms with Gasteiger partial charge in [-0.2, -0.15) is 8.78 Å². The maximum absolute atomic E-state index is 12.2. The van der Waals surface area contributed by atoms with E-state index in [9.17, 15) is 13.6 Å². The number of hydrogen-bond donors (Lipinski definition) is 2. The molecule has 1 heterocycles. The average Bonchev–Trinajstić information content (AvgIpc) is 2.41. The summed E-state index contributed by atoms with van der Waals surface area (Å²) in [5, 5.41) is 5.96. The number of rotatable bonds is 4. The fourth-order valence-electron chi connectivity index (χ4n) is 2.02. The molecule has 0 radical (unpaired) electrons. The first-order valence-corrected chi connectivity index (χ1v) is 7.12. The molecule has 1 atom stereocenters. The summed E-state index contributed by atoms with van der Waals surface area (Å²) in [7, 11) is 0. The van der Waals surface area contributed by atoms with Crippen LogP contribution >= 0.6 is 11.8 Å². The Balaban J connectivity index is 1.89. The number of anilines is 1. The quantitative estimate of drug-likeness (QED) is 0.836. The Morgan fingerprint density at radius 2 is 2.05 bits per heavy atom. The summed E-state index contributed by atoms with van der Waals surface area (Å²) in [5.41, 5.74) is 0.635. The largest absolute Gasteiger partial charge is 0.325 e. The predicted molar refractivity (Wildman–Crippen MR) is 72.6 cm³/mol.